The third-order valence-electron chi connectivity index (χ3n) is 3.61. The topological polar surface area (TPSA) is 90.9 Å². The molecule has 0 aliphatic carbocycles. The predicted molar refractivity (Wildman–Crippen MR) is 92.9 cm³/mol. The Morgan fingerprint density at radius 1 is 1.36 bits per heavy atom. The molecule has 7 nitrogen and oxygen atoms in total. The number of nitrogens with one attached hydrogen (secondary N) is 1. The van der Waals surface area contributed by atoms with E-state index in [-0.39, 0.29) is 12.5 Å². The number of hydrogen-bond donors (Lipinski definition) is 1. The molecule has 1 aromatic rings. The SMILES string of the molecule is CCOC(=O)c1cc(C(C)C)sc1NC(=O)COC(=O)[C@H]1CCCO1. The smallest absolute Gasteiger partial charge is 0.341 e. The molecule has 0 unspecified atom stereocenters. The highest BCUT2D eigenvalue weighted by Crippen LogP contribution is 2.33. The fraction of sp³-hybridized carbons (Fsp3) is 0.588. The largest absolute Gasteiger partial charge is 0.462 e. The number of rotatable bonds is 7. The van der Waals surface area contributed by atoms with Crippen LogP contribution in [0.2, 0.25) is 0 Å². The normalized spacial score (nSPS) is 16.7. The van der Waals surface area contributed by atoms with Crippen LogP contribution in [0.4, 0.5) is 5.00 Å². The summed E-state index contributed by atoms with van der Waals surface area (Å²) in [5, 5.41) is 3.03. The summed E-state index contributed by atoms with van der Waals surface area (Å²) in [6, 6.07) is 1.72. The molecular weight excluding hydrogens is 346 g/mol. The molecule has 1 aliphatic rings. The Morgan fingerprint density at radius 2 is 2.12 bits per heavy atom. The second-order valence-electron chi connectivity index (χ2n) is 5.92. The first-order valence-electron chi connectivity index (χ1n) is 8.31. The van der Waals surface area contributed by atoms with E-state index in [1.807, 2.05) is 13.8 Å². The summed E-state index contributed by atoms with van der Waals surface area (Å²) in [5.74, 6) is -1.32. The van der Waals surface area contributed by atoms with E-state index in [0.29, 0.717) is 23.6 Å². The summed E-state index contributed by atoms with van der Waals surface area (Å²) in [5.41, 5.74) is 0.314. The summed E-state index contributed by atoms with van der Waals surface area (Å²) in [4.78, 5) is 36.8. The van der Waals surface area contributed by atoms with Crippen molar-refractivity contribution in [3.8, 4) is 0 Å². The number of hydrogen-bond acceptors (Lipinski definition) is 7. The summed E-state index contributed by atoms with van der Waals surface area (Å²) in [6.07, 6.45) is 0.829. The van der Waals surface area contributed by atoms with Crippen molar-refractivity contribution >= 4 is 34.2 Å². The molecule has 1 aromatic heterocycles. The van der Waals surface area contributed by atoms with E-state index in [0.717, 1.165) is 11.3 Å². The Bertz CT molecular complexity index is 633. The number of thiophene rings is 1. The van der Waals surface area contributed by atoms with Gasteiger partial charge in [-0.15, -0.1) is 11.3 Å². The van der Waals surface area contributed by atoms with Gasteiger partial charge < -0.3 is 19.5 Å². The van der Waals surface area contributed by atoms with Crippen LogP contribution in [0.15, 0.2) is 6.07 Å². The van der Waals surface area contributed by atoms with Gasteiger partial charge >= 0.3 is 11.9 Å². The van der Waals surface area contributed by atoms with Crippen molar-refractivity contribution in [2.45, 2.75) is 45.6 Å². The molecule has 8 heteroatoms. The van der Waals surface area contributed by atoms with E-state index >= 15 is 0 Å². The second-order valence-corrected chi connectivity index (χ2v) is 7.01. The standard InChI is InChI=1S/C17H23NO6S/c1-4-22-16(20)11-8-13(10(2)3)25-15(11)18-14(19)9-24-17(21)12-6-5-7-23-12/h8,10,12H,4-7,9H2,1-3H3,(H,18,19)/t12-/m1/s1. The molecule has 1 aliphatic heterocycles. The van der Waals surface area contributed by atoms with E-state index in [9.17, 15) is 14.4 Å². The van der Waals surface area contributed by atoms with E-state index in [1.54, 1.807) is 13.0 Å². The molecule has 0 bridgehead atoms. The van der Waals surface area contributed by atoms with Crippen LogP contribution in [0, 0.1) is 0 Å². The van der Waals surface area contributed by atoms with Crippen molar-refractivity contribution in [2.24, 2.45) is 0 Å². The average Bonchev–Trinajstić information content (AvgIpc) is 3.22. The molecule has 2 heterocycles. The summed E-state index contributed by atoms with van der Waals surface area (Å²) >= 11 is 1.31. The molecule has 0 spiro atoms. The van der Waals surface area contributed by atoms with Gasteiger partial charge in [-0.25, -0.2) is 9.59 Å². The Balaban J connectivity index is 1.98. The lowest BCUT2D eigenvalue weighted by atomic mass is 10.1. The lowest BCUT2D eigenvalue weighted by Gasteiger charge is -2.10. The minimum atomic E-state index is -0.586. The second kappa shape index (κ2) is 8.96. The van der Waals surface area contributed by atoms with Crippen molar-refractivity contribution in [3.63, 3.8) is 0 Å². The number of ether oxygens (including phenoxy) is 3. The number of esters is 2. The van der Waals surface area contributed by atoms with Crippen molar-refractivity contribution in [2.75, 3.05) is 25.1 Å². The maximum absolute atomic E-state index is 12.1. The fourth-order valence-electron chi connectivity index (χ4n) is 2.30. The van der Waals surface area contributed by atoms with Crippen LogP contribution < -0.4 is 5.32 Å². The van der Waals surface area contributed by atoms with E-state index < -0.39 is 30.6 Å². The van der Waals surface area contributed by atoms with Crippen LogP contribution in [0.5, 0.6) is 0 Å². The van der Waals surface area contributed by atoms with Gasteiger partial charge in [-0.2, -0.15) is 0 Å². The Kier molecular flexibility index (Phi) is 6.95. The summed E-state index contributed by atoms with van der Waals surface area (Å²) in [6.45, 7) is 6.07. The van der Waals surface area contributed by atoms with Gasteiger partial charge in [0.2, 0.25) is 0 Å². The number of amides is 1. The third kappa shape index (κ3) is 5.27. The van der Waals surface area contributed by atoms with Gasteiger partial charge in [0.25, 0.3) is 5.91 Å². The molecule has 25 heavy (non-hydrogen) atoms. The molecule has 1 fully saturated rings. The van der Waals surface area contributed by atoms with Gasteiger partial charge in [0.1, 0.15) is 5.00 Å². The van der Waals surface area contributed by atoms with Gasteiger partial charge in [0, 0.05) is 11.5 Å². The maximum atomic E-state index is 12.1. The van der Waals surface area contributed by atoms with Gasteiger partial charge in [0.05, 0.1) is 12.2 Å². The van der Waals surface area contributed by atoms with Gasteiger partial charge in [-0.05, 0) is 31.7 Å². The van der Waals surface area contributed by atoms with Crippen molar-refractivity contribution in [1.82, 2.24) is 0 Å². The average molecular weight is 369 g/mol. The molecular formula is C17H23NO6S. The molecule has 1 amide bonds. The van der Waals surface area contributed by atoms with Crippen LogP contribution in [-0.2, 0) is 23.8 Å². The van der Waals surface area contributed by atoms with Gasteiger partial charge in [-0.3, -0.25) is 4.79 Å². The first-order chi connectivity index (χ1) is 11.9. The molecule has 1 atom stereocenters. The Morgan fingerprint density at radius 3 is 2.72 bits per heavy atom. The monoisotopic (exact) mass is 369 g/mol. The lowest BCUT2D eigenvalue weighted by Crippen LogP contribution is -2.27. The molecule has 1 saturated heterocycles. The highest BCUT2D eigenvalue weighted by atomic mass is 32.1. The van der Waals surface area contributed by atoms with Crippen molar-refractivity contribution in [1.29, 1.82) is 0 Å². The van der Waals surface area contributed by atoms with E-state index in [4.69, 9.17) is 14.2 Å². The highest BCUT2D eigenvalue weighted by Gasteiger charge is 2.26. The minimum absolute atomic E-state index is 0.209. The predicted octanol–water partition coefficient (Wildman–Crippen LogP) is 2.71. The first-order valence-corrected chi connectivity index (χ1v) is 9.13. The van der Waals surface area contributed by atoms with E-state index in [2.05, 4.69) is 5.32 Å². The Hall–Kier alpha value is -1.93. The van der Waals surface area contributed by atoms with Gasteiger partial charge in [-0.1, -0.05) is 13.8 Å². The minimum Gasteiger partial charge on any atom is -0.462 e. The Labute approximate surface area is 150 Å². The maximum Gasteiger partial charge on any atom is 0.341 e. The zero-order valence-corrected chi connectivity index (χ0v) is 15.4. The zero-order valence-electron chi connectivity index (χ0n) is 14.6. The third-order valence-corrected chi connectivity index (χ3v) is 4.96. The fourth-order valence-corrected chi connectivity index (χ4v) is 3.37. The van der Waals surface area contributed by atoms with E-state index in [1.165, 1.54) is 11.3 Å². The quantitative estimate of drug-likeness (QED) is 0.743. The molecule has 0 radical (unpaired) electrons. The molecule has 0 saturated carbocycles. The number of carbonyl (C=O) groups is 3. The number of anilines is 1. The van der Waals surface area contributed by atoms with Crippen molar-refractivity contribution < 1.29 is 28.6 Å². The zero-order chi connectivity index (χ0) is 18.4. The van der Waals surface area contributed by atoms with Crippen molar-refractivity contribution in [3.05, 3.63) is 16.5 Å². The van der Waals surface area contributed by atoms with Crippen LogP contribution >= 0.6 is 11.3 Å². The summed E-state index contributed by atoms with van der Waals surface area (Å²) < 4.78 is 15.2. The highest BCUT2D eigenvalue weighted by molar-refractivity contribution is 7.16. The molecule has 0 aromatic carbocycles. The lowest BCUT2D eigenvalue weighted by molar-refractivity contribution is -0.156. The van der Waals surface area contributed by atoms with Crippen LogP contribution in [0.3, 0.4) is 0 Å². The molecule has 138 valence electrons. The summed E-state index contributed by atoms with van der Waals surface area (Å²) in [7, 11) is 0. The van der Waals surface area contributed by atoms with Crippen LogP contribution in [0.25, 0.3) is 0 Å². The van der Waals surface area contributed by atoms with Gasteiger partial charge in [0.15, 0.2) is 12.7 Å². The molecule has 2 rings (SSSR count). The van der Waals surface area contributed by atoms with Crippen LogP contribution in [0.1, 0.15) is 54.8 Å². The first kappa shape index (κ1) is 19.4. The molecule has 1 N–H and O–H groups in total. The number of carbonyl (C=O) groups excluding carboxylic acids is 3. The van der Waals surface area contributed by atoms with Crippen LogP contribution in [-0.4, -0.2) is 43.8 Å².